The van der Waals surface area contributed by atoms with Crippen molar-refractivity contribution in [3.05, 3.63) is 203 Å². The van der Waals surface area contributed by atoms with Gasteiger partial charge >= 0.3 is 0 Å². The van der Waals surface area contributed by atoms with Gasteiger partial charge < -0.3 is 9.47 Å². The average molecular weight is 611 g/mol. The number of hydrogen-bond donors (Lipinski definition) is 0. The Bertz CT molecular complexity index is 1830. The van der Waals surface area contributed by atoms with Crippen molar-refractivity contribution in [3.63, 3.8) is 0 Å². The van der Waals surface area contributed by atoms with Gasteiger partial charge in [0.25, 0.3) is 0 Å². The third-order valence-electron chi connectivity index (χ3n) is 9.28. The zero-order chi connectivity index (χ0) is 32.1. The second-order valence-electron chi connectivity index (χ2n) is 12.3. The Labute approximate surface area is 278 Å². The Morgan fingerprint density at radius 1 is 0.426 bits per heavy atom. The van der Waals surface area contributed by atoms with Gasteiger partial charge in [0, 0.05) is 5.41 Å². The normalized spacial score (nSPS) is 12.5. The molecule has 0 atom stereocenters. The van der Waals surface area contributed by atoms with Crippen molar-refractivity contribution >= 4 is 12.2 Å². The number of fused-ring (bicyclic) bond motifs is 3. The molecule has 230 valence electrons. The largest absolute Gasteiger partial charge is 0.489 e. The first-order valence-corrected chi connectivity index (χ1v) is 16.2. The summed E-state index contributed by atoms with van der Waals surface area (Å²) in [6.45, 7) is 8.74. The van der Waals surface area contributed by atoms with Gasteiger partial charge in [-0.1, -0.05) is 147 Å². The second kappa shape index (κ2) is 13.4. The predicted octanol–water partition coefficient (Wildman–Crippen LogP) is 10.9. The molecule has 0 saturated heterocycles. The van der Waals surface area contributed by atoms with Gasteiger partial charge in [-0.3, -0.25) is 0 Å². The lowest BCUT2D eigenvalue weighted by molar-refractivity contribution is 0.306. The molecule has 47 heavy (non-hydrogen) atoms. The lowest BCUT2D eigenvalue weighted by atomic mass is 9.69. The Balaban J connectivity index is 1.13. The molecular weight excluding hydrogens is 572 g/mol. The molecule has 2 heteroatoms. The first-order chi connectivity index (χ1) is 23.1. The van der Waals surface area contributed by atoms with Gasteiger partial charge in [0.1, 0.15) is 24.7 Å². The summed E-state index contributed by atoms with van der Waals surface area (Å²) < 4.78 is 12.3. The van der Waals surface area contributed by atoms with Crippen molar-refractivity contribution in [2.45, 2.75) is 31.5 Å². The van der Waals surface area contributed by atoms with Crippen LogP contribution in [0.4, 0.5) is 0 Å². The van der Waals surface area contributed by atoms with Crippen LogP contribution in [0.2, 0.25) is 0 Å². The van der Waals surface area contributed by atoms with Crippen molar-refractivity contribution in [2.24, 2.45) is 0 Å². The molecule has 2 nitrogen and oxygen atoms in total. The van der Waals surface area contributed by atoms with Crippen LogP contribution in [-0.2, 0) is 31.5 Å². The first kappa shape index (κ1) is 30.1. The van der Waals surface area contributed by atoms with Gasteiger partial charge in [-0.15, -0.1) is 0 Å². The summed E-state index contributed by atoms with van der Waals surface area (Å²) in [5, 5.41) is 0. The molecule has 0 bridgehead atoms. The van der Waals surface area contributed by atoms with Crippen molar-refractivity contribution in [2.75, 3.05) is 0 Å². The monoisotopic (exact) mass is 610 g/mol. The fourth-order valence-electron chi connectivity index (χ4n) is 6.80. The van der Waals surface area contributed by atoms with E-state index in [0.717, 1.165) is 46.6 Å². The van der Waals surface area contributed by atoms with E-state index in [1.165, 1.54) is 33.4 Å². The Morgan fingerprint density at radius 3 is 1.17 bits per heavy atom. The lowest BCUT2D eigenvalue weighted by Crippen LogP contribution is -2.31. The molecule has 7 rings (SSSR count). The fraction of sp³-hybridized carbons (Fsp3) is 0.111. The van der Waals surface area contributed by atoms with Crippen LogP contribution in [0.15, 0.2) is 159 Å². The van der Waals surface area contributed by atoms with Crippen molar-refractivity contribution in [1.29, 1.82) is 0 Å². The molecule has 0 saturated carbocycles. The molecule has 0 N–H and O–H groups in total. The average Bonchev–Trinajstić information content (AvgIpc) is 3.40. The minimum atomic E-state index is -0.211. The van der Waals surface area contributed by atoms with Crippen LogP contribution in [0.1, 0.15) is 44.5 Å². The van der Waals surface area contributed by atoms with Crippen molar-refractivity contribution in [3.8, 4) is 22.6 Å². The maximum absolute atomic E-state index is 6.15. The Kier molecular flexibility index (Phi) is 8.58. The van der Waals surface area contributed by atoms with E-state index < -0.39 is 0 Å². The van der Waals surface area contributed by atoms with Gasteiger partial charge in [0.05, 0.1) is 0 Å². The molecule has 1 aliphatic carbocycles. The summed E-state index contributed by atoms with van der Waals surface area (Å²) in [5.41, 5.74) is 12.3. The molecule has 1 aliphatic rings. The zero-order valence-corrected chi connectivity index (χ0v) is 26.6. The van der Waals surface area contributed by atoms with Crippen LogP contribution in [0, 0.1) is 0 Å². The molecule has 0 amide bonds. The van der Waals surface area contributed by atoms with E-state index in [4.69, 9.17) is 9.47 Å². The summed E-state index contributed by atoms with van der Waals surface area (Å²) in [4.78, 5) is 0. The van der Waals surface area contributed by atoms with Gasteiger partial charge in [-0.25, -0.2) is 0 Å². The molecule has 0 unspecified atom stereocenters. The summed E-state index contributed by atoms with van der Waals surface area (Å²) in [7, 11) is 0. The number of rotatable bonds is 12. The quantitative estimate of drug-likeness (QED) is 0.137. The number of ether oxygens (including phenoxy) is 2. The van der Waals surface area contributed by atoms with E-state index in [-0.39, 0.29) is 5.41 Å². The molecular formula is C45H38O2. The first-order valence-electron chi connectivity index (χ1n) is 16.2. The SMILES string of the molecule is C=Cc1ccc(COc2ccc(CC3(Cc4ccc(OCc5ccc(C=C)cc5)cc4)c4ccccc4-c4ccccc43)cc2)cc1. The van der Waals surface area contributed by atoms with Crippen molar-refractivity contribution < 1.29 is 9.47 Å². The highest BCUT2D eigenvalue weighted by Crippen LogP contribution is 2.52. The van der Waals surface area contributed by atoms with Crippen molar-refractivity contribution in [1.82, 2.24) is 0 Å². The summed E-state index contributed by atoms with van der Waals surface area (Å²) in [6.07, 6.45) is 5.46. The van der Waals surface area contributed by atoms with Crippen LogP contribution in [0.5, 0.6) is 11.5 Å². The molecule has 0 fully saturated rings. The highest BCUT2D eigenvalue weighted by atomic mass is 16.5. The molecule has 0 radical (unpaired) electrons. The van der Waals surface area contributed by atoms with Crippen LogP contribution < -0.4 is 9.47 Å². The smallest absolute Gasteiger partial charge is 0.119 e. The van der Waals surface area contributed by atoms with E-state index in [2.05, 4.69) is 159 Å². The van der Waals surface area contributed by atoms with E-state index in [1.807, 2.05) is 12.2 Å². The van der Waals surface area contributed by atoms with E-state index in [9.17, 15) is 0 Å². The predicted molar refractivity (Wildman–Crippen MR) is 195 cm³/mol. The minimum absolute atomic E-state index is 0.211. The molecule has 0 aliphatic heterocycles. The standard InChI is InChI=1S/C45H38O2/c1-3-33-13-17-37(18-14-33)31-46-39-25-21-35(22-26-39)29-45(43-11-7-5-9-41(43)42-10-6-8-12-44(42)45)30-36-23-27-40(28-24-36)47-32-38-19-15-34(4-2)16-20-38/h3-28H,1-2,29-32H2. The summed E-state index contributed by atoms with van der Waals surface area (Å²) >= 11 is 0. The van der Waals surface area contributed by atoms with Gasteiger partial charge in [0.15, 0.2) is 0 Å². The maximum Gasteiger partial charge on any atom is 0.119 e. The van der Waals surface area contributed by atoms with Crippen LogP contribution >= 0.6 is 0 Å². The van der Waals surface area contributed by atoms with Crippen LogP contribution in [-0.4, -0.2) is 0 Å². The van der Waals surface area contributed by atoms with Gasteiger partial charge in [0.2, 0.25) is 0 Å². The molecule has 0 spiro atoms. The topological polar surface area (TPSA) is 18.5 Å². The summed E-state index contributed by atoms with van der Waals surface area (Å²) in [5.74, 6) is 1.74. The minimum Gasteiger partial charge on any atom is -0.489 e. The van der Waals surface area contributed by atoms with E-state index in [1.54, 1.807) is 0 Å². The maximum atomic E-state index is 6.15. The molecule has 0 heterocycles. The van der Waals surface area contributed by atoms with E-state index >= 15 is 0 Å². The number of benzene rings is 6. The molecule has 6 aromatic rings. The van der Waals surface area contributed by atoms with Gasteiger partial charge in [-0.05, 0) is 92.7 Å². The third-order valence-corrected chi connectivity index (χ3v) is 9.28. The lowest BCUT2D eigenvalue weighted by Gasteiger charge is -2.33. The highest BCUT2D eigenvalue weighted by Gasteiger charge is 2.43. The zero-order valence-electron chi connectivity index (χ0n) is 26.6. The van der Waals surface area contributed by atoms with Crippen LogP contribution in [0.3, 0.4) is 0 Å². The Morgan fingerprint density at radius 2 is 0.787 bits per heavy atom. The summed E-state index contributed by atoms with van der Waals surface area (Å²) in [6, 6.07) is 51.8. The highest BCUT2D eigenvalue weighted by molar-refractivity contribution is 5.81. The third kappa shape index (κ3) is 6.41. The Hall–Kier alpha value is -5.60. The fourth-order valence-corrected chi connectivity index (χ4v) is 6.80. The van der Waals surface area contributed by atoms with Crippen LogP contribution in [0.25, 0.3) is 23.3 Å². The van der Waals surface area contributed by atoms with Gasteiger partial charge in [-0.2, -0.15) is 0 Å². The molecule has 0 aromatic heterocycles. The molecule has 6 aromatic carbocycles. The number of hydrogen-bond acceptors (Lipinski definition) is 2. The second-order valence-corrected chi connectivity index (χ2v) is 12.3. The van der Waals surface area contributed by atoms with E-state index in [0.29, 0.717) is 13.2 Å².